The van der Waals surface area contributed by atoms with Crippen LogP contribution in [0.1, 0.15) is 5.56 Å². The van der Waals surface area contributed by atoms with Crippen molar-refractivity contribution in [1.82, 2.24) is 19.9 Å². The Balaban J connectivity index is 1.37. The summed E-state index contributed by atoms with van der Waals surface area (Å²) >= 11 is 2.69. The van der Waals surface area contributed by atoms with Gasteiger partial charge in [0.1, 0.15) is 4.83 Å². The van der Waals surface area contributed by atoms with Crippen molar-refractivity contribution in [2.24, 2.45) is 0 Å². The molecule has 0 aliphatic rings. The van der Waals surface area contributed by atoms with E-state index < -0.39 is 0 Å². The first-order chi connectivity index (χ1) is 14.2. The summed E-state index contributed by atoms with van der Waals surface area (Å²) in [5.74, 6) is 0.120. The number of nitrogens with zero attached hydrogens (tertiary/aromatic N) is 2. The number of thioether (sulfide) groups is 1. The van der Waals surface area contributed by atoms with Crippen LogP contribution in [0.5, 0.6) is 0 Å². The average molecular weight is 425 g/mol. The zero-order valence-corrected chi connectivity index (χ0v) is 17.3. The number of rotatable bonds is 8. The van der Waals surface area contributed by atoms with Crippen LogP contribution in [0.2, 0.25) is 0 Å². The van der Waals surface area contributed by atoms with E-state index in [-0.39, 0.29) is 17.2 Å². The Labute approximate surface area is 175 Å². The van der Waals surface area contributed by atoms with Gasteiger partial charge in [-0.25, -0.2) is 4.98 Å². The third-order valence-corrected chi connectivity index (χ3v) is 6.37. The number of para-hydroxylation sites is 1. The van der Waals surface area contributed by atoms with E-state index in [1.807, 2.05) is 29.8 Å². The molecule has 0 saturated heterocycles. The molecule has 4 rings (SSSR count). The Kier molecular flexibility index (Phi) is 5.82. The van der Waals surface area contributed by atoms with Crippen molar-refractivity contribution in [2.45, 2.75) is 18.1 Å². The molecule has 0 atom stereocenters. The average Bonchev–Trinajstić information content (AvgIpc) is 3.36. The Morgan fingerprint density at radius 1 is 1.31 bits per heavy atom. The molecule has 0 bridgehead atoms. The van der Waals surface area contributed by atoms with Gasteiger partial charge < -0.3 is 10.3 Å². The Morgan fingerprint density at radius 2 is 2.17 bits per heavy atom. The molecule has 0 spiro atoms. The van der Waals surface area contributed by atoms with Crippen LogP contribution in [0.25, 0.3) is 21.1 Å². The van der Waals surface area contributed by atoms with Crippen molar-refractivity contribution >= 4 is 50.1 Å². The second kappa shape index (κ2) is 8.67. The minimum atomic E-state index is -0.0987. The molecule has 0 aliphatic carbocycles. The Morgan fingerprint density at radius 3 is 3.03 bits per heavy atom. The minimum absolute atomic E-state index is 0.0829. The summed E-state index contributed by atoms with van der Waals surface area (Å²) in [4.78, 5) is 33.4. The first-order valence-electron chi connectivity index (χ1n) is 9.21. The summed E-state index contributed by atoms with van der Waals surface area (Å²) in [6.45, 7) is 4.63. The lowest BCUT2D eigenvalue weighted by molar-refractivity contribution is -0.118. The highest BCUT2D eigenvalue weighted by Gasteiger charge is 2.13. The fraction of sp³-hybridized carbons (Fsp3) is 0.190. The van der Waals surface area contributed by atoms with E-state index in [1.165, 1.54) is 34.0 Å². The lowest BCUT2D eigenvalue weighted by Crippen LogP contribution is -2.28. The summed E-state index contributed by atoms with van der Waals surface area (Å²) in [6, 6.07) is 9.89. The van der Waals surface area contributed by atoms with Gasteiger partial charge in [-0.05, 0) is 29.5 Å². The molecule has 0 saturated carbocycles. The van der Waals surface area contributed by atoms with Gasteiger partial charge >= 0.3 is 0 Å². The van der Waals surface area contributed by atoms with Gasteiger partial charge in [-0.1, -0.05) is 36.0 Å². The van der Waals surface area contributed by atoms with Gasteiger partial charge in [0.15, 0.2) is 5.16 Å². The van der Waals surface area contributed by atoms with Gasteiger partial charge in [0.2, 0.25) is 5.91 Å². The van der Waals surface area contributed by atoms with Crippen molar-refractivity contribution in [3.63, 3.8) is 0 Å². The first kappa shape index (κ1) is 19.5. The van der Waals surface area contributed by atoms with Crippen LogP contribution in [-0.4, -0.2) is 32.7 Å². The number of allylic oxidation sites excluding steroid dienone is 1. The molecule has 0 unspecified atom stereocenters. The number of carbonyl (C=O) groups is 1. The predicted octanol–water partition coefficient (Wildman–Crippen LogP) is 3.58. The number of amides is 1. The Hall–Kier alpha value is -2.84. The smallest absolute Gasteiger partial charge is 0.263 e. The molecule has 0 aliphatic heterocycles. The molecule has 8 heteroatoms. The lowest BCUT2D eigenvalue weighted by atomic mass is 10.1. The van der Waals surface area contributed by atoms with Gasteiger partial charge in [0.25, 0.3) is 5.56 Å². The second-order valence-corrected chi connectivity index (χ2v) is 8.32. The SMILES string of the molecule is C=CCn1c(SCC(=O)NCCc2c[nH]c3ccccc23)nc2sccc2c1=O. The van der Waals surface area contributed by atoms with Crippen molar-refractivity contribution in [3.8, 4) is 0 Å². The van der Waals surface area contributed by atoms with Crippen molar-refractivity contribution in [2.75, 3.05) is 12.3 Å². The summed E-state index contributed by atoms with van der Waals surface area (Å²) in [5, 5.41) is 7.12. The number of aromatic nitrogens is 3. The van der Waals surface area contributed by atoms with E-state index in [2.05, 4.69) is 27.9 Å². The van der Waals surface area contributed by atoms with Crippen LogP contribution in [0, 0.1) is 0 Å². The lowest BCUT2D eigenvalue weighted by Gasteiger charge is -2.10. The number of nitrogens with one attached hydrogen (secondary N) is 2. The van der Waals surface area contributed by atoms with Gasteiger partial charge in [0.05, 0.1) is 11.1 Å². The Bertz CT molecular complexity index is 1240. The van der Waals surface area contributed by atoms with Crippen molar-refractivity contribution in [1.29, 1.82) is 0 Å². The molecule has 3 aromatic heterocycles. The molecule has 0 fully saturated rings. The summed E-state index contributed by atoms with van der Waals surface area (Å²) in [7, 11) is 0. The number of aromatic amines is 1. The van der Waals surface area contributed by atoms with E-state index in [0.29, 0.717) is 28.5 Å². The van der Waals surface area contributed by atoms with Crippen molar-refractivity contribution in [3.05, 3.63) is 70.5 Å². The number of benzene rings is 1. The minimum Gasteiger partial charge on any atom is -0.361 e. The molecule has 0 radical (unpaired) electrons. The zero-order valence-electron chi connectivity index (χ0n) is 15.7. The van der Waals surface area contributed by atoms with E-state index >= 15 is 0 Å². The highest BCUT2D eigenvalue weighted by Crippen LogP contribution is 2.21. The fourth-order valence-corrected chi connectivity index (χ4v) is 4.83. The van der Waals surface area contributed by atoms with Gasteiger partial charge in [-0.2, -0.15) is 0 Å². The van der Waals surface area contributed by atoms with Crippen LogP contribution in [0.3, 0.4) is 0 Å². The maximum absolute atomic E-state index is 12.6. The first-order valence-corrected chi connectivity index (χ1v) is 11.1. The highest BCUT2D eigenvalue weighted by atomic mass is 32.2. The van der Waals surface area contributed by atoms with Crippen LogP contribution in [0.15, 0.2) is 64.5 Å². The number of thiophene rings is 1. The largest absolute Gasteiger partial charge is 0.361 e. The molecule has 1 amide bonds. The molecule has 3 heterocycles. The number of hydrogen-bond donors (Lipinski definition) is 2. The monoisotopic (exact) mass is 424 g/mol. The zero-order chi connectivity index (χ0) is 20.2. The molecule has 148 valence electrons. The van der Waals surface area contributed by atoms with Crippen LogP contribution < -0.4 is 10.9 Å². The maximum Gasteiger partial charge on any atom is 0.263 e. The standard InChI is InChI=1S/C21H20N4O2S2/c1-2-10-25-20(27)16-8-11-28-19(16)24-21(25)29-13-18(26)22-9-7-14-12-23-17-6-4-3-5-15(14)17/h2-6,8,11-12,23H,1,7,9-10,13H2,(H,22,26). The van der Waals surface area contributed by atoms with E-state index in [1.54, 1.807) is 16.7 Å². The molecular weight excluding hydrogens is 404 g/mol. The molecule has 1 aromatic carbocycles. The topological polar surface area (TPSA) is 79.8 Å². The van der Waals surface area contributed by atoms with E-state index in [9.17, 15) is 9.59 Å². The highest BCUT2D eigenvalue weighted by molar-refractivity contribution is 7.99. The molecule has 2 N–H and O–H groups in total. The number of hydrogen-bond acceptors (Lipinski definition) is 5. The normalized spacial score (nSPS) is 11.2. The van der Waals surface area contributed by atoms with Gasteiger partial charge in [-0.3, -0.25) is 14.2 Å². The maximum atomic E-state index is 12.6. The number of carbonyl (C=O) groups excluding carboxylic acids is 1. The summed E-state index contributed by atoms with van der Waals surface area (Å²) in [5.41, 5.74) is 2.18. The second-order valence-electron chi connectivity index (χ2n) is 6.49. The number of H-pyrrole nitrogens is 1. The van der Waals surface area contributed by atoms with Crippen LogP contribution >= 0.6 is 23.1 Å². The van der Waals surface area contributed by atoms with Gasteiger partial charge in [0, 0.05) is 30.2 Å². The molecular formula is C21H20N4O2S2. The summed E-state index contributed by atoms with van der Waals surface area (Å²) < 4.78 is 1.56. The summed E-state index contributed by atoms with van der Waals surface area (Å²) in [6.07, 6.45) is 4.40. The molecule has 29 heavy (non-hydrogen) atoms. The molecule has 4 aromatic rings. The van der Waals surface area contributed by atoms with Crippen LogP contribution in [-0.2, 0) is 17.8 Å². The van der Waals surface area contributed by atoms with E-state index in [0.717, 1.165) is 11.9 Å². The van der Waals surface area contributed by atoms with Crippen LogP contribution in [0.4, 0.5) is 0 Å². The number of fused-ring (bicyclic) bond motifs is 2. The quantitative estimate of drug-likeness (QED) is 0.257. The van der Waals surface area contributed by atoms with E-state index in [4.69, 9.17) is 0 Å². The van der Waals surface area contributed by atoms with Gasteiger partial charge in [-0.15, -0.1) is 17.9 Å². The third kappa shape index (κ3) is 4.13. The van der Waals surface area contributed by atoms with Crippen molar-refractivity contribution < 1.29 is 4.79 Å². The fourth-order valence-electron chi connectivity index (χ4n) is 3.19. The predicted molar refractivity (Wildman–Crippen MR) is 120 cm³/mol. The molecule has 6 nitrogen and oxygen atoms in total. The third-order valence-electron chi connectivity index (χ3n) is 4.58.